The highest BCUT2D eigenvalue weighted by molar-refractivity contribution is 5.73. The molecular formula is C15H29F2N3O. The van der Waals surface area contributed by atoms with Gasteiger partial charge in [0.05, 0.1) is 5.92 Å². The summed E-state index contributed by atoms with van der Waals surface area (Å²) in [5.74, 6) is -3.20. The molecule has 1 fully saturated rings. The maximum absolute atomic E-state index is 13.7. The minimum absolute atomic E-state index is 0.00702. The zero-order valence-electron chi connectivity index (χ0n) is 13.8. The Bertz CT molecular complexity index is 355. The molecule has 0 aromatic carbocycles. The summed E-state index contributed by atoms with van der Waals surface area (Å²) in [5, 5.41) is 5.58. The molecule has 0 aliphatic carbocycles. The molecule has 2 unspecified atom stereocenters. The van der Waals surface area contributed by atoms with Gasteiger partial charge in [-0.2, -0.15) is 0 Å². The van der Waals surface area contributed by atoms with Crippen molar-refractivity contribution >= 4 is 6.03 Å². The van der Waals surface area contributed by atoms with Crippen molar-refractivity contribution in [2.45, 2.75) is 40.0 Å². The lowest BCUT2D eigenvalue weighted by Gasteiger charge is -2.33. The fourth-order valence-corrected chi connectivity index (χ4v) is 2.22. The van der Waals surface area contributed by atoms with Gasteiger partial charge in [-0.15, -0.1) is 0 Å². The molecule has 6 heteroatoms. The Labute approximate surface area is 126 Å². The van der Waals surface area contributed by atoms with Gasteiger partial charge in [0.2, 0.25) is 0 Å². The summed E-state index contributed by atoms with van der Waals surface area (Å²) < 4.78 is 27.4. The van der Waals surface area contributed by atoms with Crippen LogP contribution in [0, 0.1) is 17.3 Å². The van der Waals surface area contributed by atoms with E-state index < -0.39 is 11.8 Å². The lowest BCUT2D eigenvalue weighted by atomic mass is 9.82. The van der Waals surface area contributed by atoms with E-state index in [1.54, 1.807) is 11.9 Å². The Balaban J connectivity index is 2.42. The van der Waals surface area contributed by atoms with Crippen LogP contribution in [0.2, 0.25) is 0 Å². The average molecular weight is 305 g/mol. The first-order chi connectivity index (χ1) is 9.54. The topological polar surface area (TPSA) is 44.4 Å². The van der Waals surface area contributed by atoms with Crippen molar-refractivity contribution in [3.63, 3.8) is 0 Å². The van der Waals surface area contributed by atoms with E-state index in [2.05, 4.69) is 38.3 Å². The van der Waals surface area contributed by atoms with E-state index >= 15 is 0 Å². The molecule has 0 aromatic rings. The third-order valence-corrected chi connectivity index (χ3v) is 4.50. The number of alkyl halides is 2. The van der Waals surface area contributed by atoms with Crippen molar-refractivity contribution in [2.24, 2.45) is 17.3 Å². The first-order valence-corrected chi connectivity index (χ1v) is 7.61. The van der Waals surface area contributed by atoms with Crippen LogP contribution < -0.4 is 10.6 Å². The van der Waals surface area contributed by atoms with Gasteiger partial charge in [-0.3, -0.25) is 0 Å². The first-order valence-electron chi connectivity index (χ1n) is 7.61. The normalized spacial score (nSPS) is 23.5. The third-order valence-electron chi connectivity index (χ3n) is 4.50. The molecule has 21 heavy (non-hydrogen) atoms. The summed E-state index contributed by atoms with van der Waals surface area (Å²) in [5.41, 5.74) is 0.106. The zero-order valence-corrected chi connectivity index (χ0v) is 13.8. The molecule has 1 aliphatic rings. The Morgan fingerprint density at radius 1 is 1.48 bits per heavy atom. The van der Waals surface area contributed by atoms with Gasteiger partial charge in [0.15, 0.2) is 0 Å². The molecule has 1 saturated heterocycles. The molecule has 2 atom stereocenters. The fourth-order valence-electron chi connectivity index (χ4n) is 2.22. The first kappa shape index (κ1) is 18.1. The van der Waals surface area contributed by atoms with E-state index in [1.807, 2.05) is 0 Å². The maximum atomic E-state index is 13.7. The van der Waals surface area contributed by atoms with Crippen LogP contribution in [-0.2, 0) is 0 Å². The zero-order chi connectivity index (χ0) is 16.3. The summed E-state index contributed by atoms with van der Waals surface area (Å²) in [7, 11) is 1.70. The monoisotopic (exact) mass is 305 g/mol. The van der Waals surface area contributed by atoms with Crippen molar-refractivity contribution in [3.05, 3.63) is 0 Å². The Kier molecular flexibility index (Phi) is 5.96. The molecule has 2 N–H and O–H groups in total. The molecule has 0 saturated carbocycles. The highest BCUT2D eigenvalue weighted by Crippen LogP contribution is 2.30. The SMILES string of the molecule is CC(CN(C)C(=O)NCC1CNCCC1(F)F)C(C)(C)C. The third kappa shape index (κ3) is 5.41. The van der Waals surface area contributed by atoms with Gasteiger partial charge in [0.25, 0.3) is 5.92 Å². The van der Waals surface area contributed by atoms with E-state index in [-0.39, 0.29) is 31.0 Å². The van der Waals surface area contributed by atoms with Crippen molar-refractivity contribution in [3.8, 4) is 0 Å². The van der Waals surface area contributed by atoms with Crippen molar-refractivity contribution in [2.75, 3.05) is 33.2 Å². The number of nitrogens with zero attached hydrogens (tertiary/aromatic N) is 1. The number of carbonyl (C=O) groups is 1. The van der Waals surface area contributed by atoms with Crippen molar-refractivity contribution < 1.29 is 13.6 Å². The number of rotatable bonds is 4. The van der Waals surface area contributed by atoms with Crippen molar-refractivity contribution in [1.29, 1.82) is 0 Å². The second kappa shape index (κ2) is 6.90. The molecule has 0 bridgehead atoms. The van der Waals surface area contributed by atoms with E-state index in [4.69, 9.17) is 0 Å². The van der Waals surface area contributed by atoms with Crippen LogP contribution in [0.25, 0.3) is 0 Å². The number of amides is 2. The highest BCUT2D eigenvalue weighted by Gasteiger charge is 2.41. The Hall–Kier alpha value is -0.910. The predicted molar refractivity (Wildman–Crippen MR) is 80.6 cm³/mol. The molecule has 4 nitrogen and oxygen atoms in total. The van der Waals surface area contributed by atoms with Crippen LogP contribution in [-0.4, -0.2) is 50.1 Å². The highest BCUT2D eigenvalue weighted by atomic mass is 19.3. The van der Waals surface area contributed by atoms with Crippen LogP contribution in [0.1, 0.15) is 34.1 Å². The van der Waals surface area contributed by atoms with Gasteiger partial charge >= 0.3 is 6.03 Å². The molecule has 1 rings (SSSR count). The van der Waals surface area contributed by atoms with Gasteiger partial charge < -0.3 is 15.5 Å². The van der Waals surface area contributed by atoms with Gasteiger partial charge in [0, 0.05) is 39.6 Å². The van der Waals surface area contributed by atoms with E-state index in [0.29, 0.717) is 19.0 Å². The fraction of sp³-hybridized carbons (Fsp3) is 0.933. The van der Waals surface area contributed by atoms with Crippen LogP contribution in [0.4, 0.5) is 13.6 Å². The van der Waals surface area contributed by atoms with Crippen LogP contribution in [0.3, 0.4) is 0 Å². The van der Waals surface area contributed by atoms with Crippen LogP contribution in [0.15, 0.2) is 0 Å². The van der Waals surface area contributed by atoms with E-state index in [9.17, 15) is 13.6 Å². The summed E-state index contributed by atoms with van der Waals surface area (Å²) in [6, 6.07) is -0.285. The Morgan fingerprint density at radius 3 is 2.62 bits per heavy atom. The molecular weight excluding hydrogens is 276 g/mol. The van der Waals surface area contributed by atoms with Gasteiger partial charge in [-0.1, -0.05) is 27.7 Å². The van der Waals surface area contributed by atoms with Gasteiger partial charge in [0.1, 0.15) is 0 Å². The summed E-state index contributed by atoms with van der Waals surface area (Å²) in [6.45, 7) is 9.65. The van der Waals surface area contributed by atoms with Crippen LogP contribution in [0.5, 0.6) is 0 Å². The largest absolute Gasteiger partial charge is 0.337 e. The number of carbonyl (C=O) groups excluding carboxylic acids is 1. The smallest absolute Gasteiger partial charge is 0.317 e. The number of halogens is 2. The van der Waals surface area contributed by atoms with Gasteiger partial charge in [-0.05, 0) is 11.3 Å². The number of hydrogen-bond donors (Lipinski definition) is 2. The number of piperidine rings is 1. The predicted octanol–water partition coefficient (Wildman–Crippen LogP) is 2.55. The average Bonchev–Trinajstić information content (AvgIpc) is 2.35. The number of hydrogen-bond acceptors (Lipinski definition) is 2. The second-order valence-corrected chi connectivity index (χ2v) is 7.25. The van der Waals surface area contributed by atoms with Crippen LogP contribution >= 0.6 is 0 Å². The maximum Gasteiger partial charge on any atom is 0.317 e. The molecule has 0 spiro atoms. The lowest BCUT2D eigenvalue weighted by Crippen LogP contribution is -2.51. The summed E-state index contributed by atoms with van der Waals surface area (Å²) >= 11 is 0. The van der Waals surface area contributed by atoms with Gasteiger partial charge in [-0.25, -0.2) is 13.6 Å². The molecule has 2 amide bonds. The summed E-state index contributed by atoms with van der Waals surface area (Å²) in [4.78, 5) is 13.6. The molecule has 1 aliphatic heterocycles. The molecule has 124 valence electrons. The molecule has 0 radical (unpaired) electrons. The van der Waals surface area contributed by atoms with E-state index in [1.165, 1.54) is 0 Å². The molecule has 0 aromatic heterocycles. The minimum Gasteiger partial charge on any atom is -0.337 e. The molecule has 1 heterocycles. The quantitative estimate of drug-likeness (QED) is 0.838. The number of urea groups is 1. The van der Waals surface area contributed by atoms with Crippen molar-refractivity contribution in [1.82, 2.24) is 15.5 Å². The standard InChI is InChI=1S/C15H29F2N3O/c1-11(14(2,3)4)10-20(5)13(21)19-9-12-8-18-7-6-15(12,16)17/h11-12,18H,6-10H2,1-5H3,(H,19,21). The number of nitrogens with one attached hydrogen (secondary N) is 2. The lowest BCUT2D eigenvalue weighted by molar-refractivity contribution is -0.0761. The second-order valence-electron chi connectivity index (χ2n) is 7.25. The Morgan fingerprint density at radius 2 is 2.10 bits per heavy atom. The minimum atomic E-state index is -2.70. The summed E-state index contributed by atoms with van der Waals surface area (Å²) in [6.07, 6.45) is -0.162. The van der Waals surface area contributed by atoms with E-state index in [0.717, 1.165) is 0 Å².